The Hall–Kier alpha value is -2.47. The van der Waals surface area contributed by atoms with Gasteiger partial charge in [-0.2, -0.15) is 0 Å². The molecule has 28 heavy (non-hydrogen) atoms. The number of benzene rings is 2. The first kappa shape index (κ1) is 20.3. The van der Waals surface area contributed by atoms with E-state index in [0.29, 0.717) is 23.0 Å². The molecule has 0 saturated carbocycles. The maximum absolute atomic E-state index is 14.6. The number of fused-ring (bicyclic) bond motifs is 1. The predicted octanol–water partition coefficient (Wildman–Crippen LogP) is 6.81. The summed E-state index contributed by atoms with van der Waals surface area (Å²) in [5.74, 6) is -2.27. The van der Waals surface area contributed by atoms with E-state index >= 15 is 0 Å². The largest absolute Gasteiger partial charge is 0.357 e. The second-order valence-electron chi connectivity index (χ2n) is 7.02. The number of halogens is 3. The number of aromatic amines is 1. The molecular formula is C21H21ClF2N2O2. The zero-order chi connectivity index (χ0) is 20.6. The molecule has 1 aromatic heterocycles. The lowest BCUT2D eigenvalue weighted by Gasteiger charge is -2.15. The van der Waals surface area contributed by atoms with Crippen molar-refractivity contribution in [3.63, 3.8) is 0 Å². The third kappa shape index (κ3) is 3.37. The molecule has 0 aliphatic heterocycles. The molecule has 0 radical (unpaired) electrons. The van der Waals surface area contributed by atoms with Gasteiger partial charge in [-0.05, 0) is 48.6 Å². The topological polar surface area (TPSA) is 58.9 Å². The second kappa shape index (κ2) is 7.87. The summed E-state index contributed by atoms with van der Waals surface area (Å²) >= 11 is 6.11. The first-order chi connectivity index (χ1) is 13.3. The number of rotatable bonds is 6. The molecule has 1 heterocycles. The summed E-state index contributed by atoms with van der Waals surface area (Å²) in [6, 6.07) is 6.26. The van der Waals surface area contributed by atoms with Crippen molar-refractivity contribution in [3.05, 3.63) is 73.4 Å². The van der Waals surface area contributed by atoms with E-state index in [-0.39, 0.29) is 21.8 Å². The first-order valence-corrected chi connectivity index (χ1v) is 9.57. The van der Waals surface area contributed by atoms with Gasteiger partial charge < -0.3 is 4.98 Å². The Kier molecular flexibility index (Phi) is 5.70. The third-order valence-electron chi connectivity index (χ3n) is 5.19. The molecule has 0 amide bonds. The minimum absolute atomic E-state index is 0.0565. The standard InChI is InChI=1S/C21H21ClF2N2O2/c1-4-5-6-14-17-16(10-9-15(22)21(17)26(27)28)25-20(14)12(3)13-8-7-11(2)18(23)19(13)24/h7-10,12,25H,4-6H2,1-3H3. The number of nitro groups is 1. The highest BCUT2D eigenvalue weighted by Gasteiger charge is 2.28. The van der Waals surface area contributed by atoms with Crippen LogP contribution in [0.25, 0.3) is 10.9 Å². The average Bonchev–Trinajstić information content (AvgIpc) is 3.02. The maximum Gasteiger partial charge on any atom is 0.297 e. The van der Waals surface area contributed by atoms with Crippen molar-refractivity contribution in [2.24, 2.45) is 0 Å². The van der Waals surface area contributed by atoms with Gasteiger partial charge in [0.2, 0.25) is 0 Å². The lowest BCUT2D eigenvalue weighted by Crippen LogP contribution is -2.06. The molecule has 1 atom stereocenters. The summed E-state index contributed by atoms with van der Waals surface area (Å²) < 4.78 is 28.7. The number of hydrogen-bond donors (Lipinski definition) is 1. The summed E-state index contributed by atoms with van der Waals surface area (Å²) in [6.45, 7) is 5.29. The number of nitrogens with zero attached hydrogens (tertiary/aromatic N) is 1. The van der Waals surface area contributed by atoms with E-state index in [1.54, 1.807) is 19.1 Å². The zero-order valence-electron chi connectivity index (χ0n) is 15.9. The van der Waals surface area contributed by atoms with Crippen LogP contribution in [0.2, 0.25) is 5.02 Å². The Morgan fingerprint density at radius 2 is 1.93 bits per heavy atom. The van der Waals surface area contributed by atoms with Gasteiger partial charge in [0.1, 0.15) is 5.02 Å². The molecule has 1 N–H and O–H groups in total. The lowest BCUT2D eigenvalue weighted by molar-refractivity contribution is -0.382. The fraction of sp³-hybridized carbons (Fsp3) is 0.333. The van der Waals surface area contributed by atoms with Gasteiger partial charge in [-0.25, -0.2) is 8.78 Å². The van der Waals surface area contributed by atoms with Gasteiger partial charge >= 0.3 is 0 Å². The zero-order valence-corrected chi connectivity index (χ0v) is 16.7. The maximum atomic E-state index is 14.6. The molecule has 148 valence electrons. The van der Waals surface area contributed by atoms with Crippen LogP contribution in [0.1, 0.15) is 55.0 Å². The average molecular weight is 407 g/mol. The van der Waals surface area contributed by atoms with Gasteiger partial charge in [0.05, 0.1) is 15.8 Å². The van der Waals surface area contributed by atoms with Crippen LogP contribution in [0.4, 0.5) is 14.5 Å². The molecule has 0 aliphatic carbocycles. The van der Waals surface area contributed by atoms with Crippen molar-refractivity contribution >= 4 is 28.2 Å². The van der Waals surface area contributed by atoms with Crippen LogP contribution >= 0.6 is 11.6 Å². The number of aryl methyl sites for hydroxylation is 2. The van der Waals surface area contributed by atoms with Crippen LogP contribution in [0.3, 0.4) is 0 Å². The Balaban J connectivity index is 2.27. The highest BCUT2D eigenvalue weighted by Crippen LogP contribution is 2.41. The molecule has 0 spiro atoms. The fourth-order valence-corrected chi connectivity index (χ4v) is 3.87. The molecule has 2 aromatic carbocycles. The Morgan fingerprint density at radius 1 is 1.21 bits per heavy atom. The van der Waals surface area contributed by atoms with E-state index in [4.69, 9.17) is 11.6 Å². The normalized spacial score (nSPS) is 12.5. The van der Waals surface area contributed by atoms with Crippen LogP contribution < -0.4 is 0 Å². The van der Waals surface area contributed by atoms with Crippen LogP contribution in [0.5, 0.6) is 0 Å². The Labute approximate surface area is 166 Å². The summed E-state index contributed by atoms with van der Waals surface area (Å²) in [7, 11) is 0. The molecule has 0 bridgehead atoms. The van der Waals surface area contributed by atoms with Crippen molar-refractivity contribution < 1.29 is 13.7 Å². The molecule has 3 rings (SSSR count). The van der Waals surface area contributed by atoms with E-state index in [1.807, 2.05) is 6.92 Å². The highest BCUT2D eigenvalue weighted by atomic mass is 35.5. The van der Waals surface area contributed by atoms with E-state index < -0.39 is 22.5 Å². The number of aromatic nitrogens is 1. The van der Waals surface area contributed by atoms with Crippen LogP contribution in [0, 0.1) is 28.7 Å². The Morgan fingerprint density at radius 3 is 2.57 bits per heavy atom. The SMILES string of the molecule is CCCCc1c(C(C)c2ccc(C)c(F)c2F)[nH]c2ccc(Cl)c([N+](=O)[O-])c12. The summed E-state index contributed by atoms with van der Waals surface area (Å²) in [5.41, 5.74) is 2.24. The van der Waals surface area contributed by atoms with E-state index in [0.717, 1.165) is 18.4 Å². The van der Waals surface area contributed by atoms with Crippen molar-refractivity contribution in [1.29, 1.82) is 0 Å². The monoisotopic (exact) mass is 406 g/mol. The molecule has 1 unspecified atom stereocenters. The molecule has 7 heteroatoms. The van der Waals surface area contributed by atoms with Gasteiger partial charge in [-0.1, -0.05) is 44.0 Å². The molecule has 0 saturated heterocycles. The van der Waals surface area contributed by atoms with Crippen LogP contribution in [-0.4, -0.2) is 9.91 Å². The minimum Gasteiger partial charge on any atom is -0.357 e. The molecule has 4 nitrogen and oxygen atoms in total. The Bertz CT molecular complexity index is 1060. The molecule has 0 aliphatic rings. The first-order valence-electron chi connectivity index (χ1n) is 9.19. The fourth-order valence-electron chi connectivity index (χ4n) is 3.64. The molecule has 3 aromatic rings. The highest BCUT2D eigenvalue weighted by molar-refractivity contribution is 6.34. The van der Waals surface area contributed by atoms with Crippen LogP contribution in [0.15, 0.2) is 24.3 Å². The molecule has 0 fully saturated rings. The van der Waals surface area contributed by atoms with Crippen molar-refractivity contribution in [2.45, 2.75) is 46.0 Å². The van der Waals surface area contributed by atoms with E-state index in [9.17, 15) is 18.9 Å². The summed E-state index contributed by atoms with van der Waals surface area (Å²) in [4.78, 5) is 14.4. The number of hydrogen-bond acceptors (Lipinski definition) is 2. The molecular weight excluding hydrogens is 386 g/mol. The quantitative estimate of drug-likeness (QED) is 0.361. The predicted molar refractivity (Wildman–Crippen MR) is 107 cm³/mol. The number of nitrogens with one attached hydrogen (secondary N) is 1. The second-order valence-corrected chi connectivity index (χ2v) is 7.42. The van der Waals surface area contributed by atoms with Gasteiger partial charge in [0, 0.05) is 11.6 Å². The number of H-pyrrole nitrogens is 1. The van der Waals surface area contributed by atoms with Crippen molar-refractivity contribution in [3.8, 4) is 0 Å². The van der Waals surface area contributed by atoms with E-state index in [2.05, 4.69) is 4.98 Å². The van der Waals surface area contributed by atoms with Crippen molar-refractivity contribution in [2.75, 3.05) is 0 Å². The van der Waals surface area contributed by atoms with Crippen molar-refractivity contribution in [1.82, 2.24) is 4.98 Å². The van der Waals surface area contributed by atoms with Gasteiger partial charge in [0.15, 0.2) is 11.6 Å². The smallest absolute Gasteiger partial charge is 0.297 e. The third-order valence-corrected chi connectivity index (χ3v) is 5.50. The minimum atomic E-state index is -0.889. The summed E-state index contributed by atoms with van der Waals surface area (Å²) in [6.07, 6.45) is 2.27. The number of nitro benzene ring substituents is 1. The van der Waals surface area contributed by atoms with Gasteiger partial charge in [0.25, 0.3) is 5.69 Å². The van der Waals surface area contributed by atoms with Gasteiger partial charge in [-0.3, -0.25) is 10.1 Å². The summed E-state index contributed by atoms with van der Waals surface area (Å²) in [5, 5.41) is 12.1. The van der Waals surface area contributed by atoms with E-state index in [1.165, 1.54) is 19.1 Å². The lowest BCUT2D eigenvalue weighted by atomic mass is 9.91. The number of unbranched alkanes of at least 4 members (excludes halogenated alkanes) is 1. The van der Waals surface area contributed by atoms with Gasteiger partial charge in [-0.15, -0.1) is 0 Å². The van der Waals surface area contributed by atoms with Crippen LogP contribution in [-0.2, 0) is 6.42 Å².